The Balaban J connectivity index is 0.000000216. The molecule has 21 N–H and O–H groups in total. The summed E-state index contributed by atoms with van der Waals surface area (Å²) in [6, 6.07) is 28.3. The van der Waals surface area contributed by atoms with E-state index >= 15 is 0 Å². The van der Waals surface area contributed by atoms with Gasteiger partial charge in [-0.05, 0) is 16.7 Å². The van der Waals surface area contributed by atoms with Crippen molar-refractivity contribution in [3.63, 3.8) is 0 Å². The van der Waals surface area contributed by atoms with Gasteiger partial charge in [-0.3, -0.25) is 30.3 Å². The van der Waals surface area contributed by atoms with E-state index in [1.807, 2.05) is 91.0 Å². The van der Waals surface area contributed by atoms with Crippen LogP contribution in [0.1, 0.15) is 48.2 Å². The van der Waals surface area contributed by atoms with Gasteiger partial charge in [0.15, 0.2) is 85.3 Å². The van der Waals surface area contributed by atoms with Gasteiger partial charge in [0, 0.05) is 0 Å². The van der Waals surface area contributed by atoms with Gasteiger partial charge in [-0.2, -0.15) is 0 Å². The zero-order chi connectivity index (χ0) is 48.3. The van der Waals surface area contributed by atoms with Crippen LogP contribution in [-0.2, 0) is 19.6 Å². The third-order valence-electron chi connectivity index (χ3n) is 7.91. The van der Waals surface area contributed by atoms with Crippen molar-refractivity contribution in [1.29, 1.82) is 0 Å². The fraction of sp³-hybridized carbons (Fsp3) is 0.0769. The number of anilines is 6. The number of halogens is 3. The Bertz CT molecular complexity index is 2450. The Kier molecular flexibility index (Phi) is 18.4. The second-order valence-corrected chi connectivity index (χ2v) is 13.9. The minimum Gasteiger partial charge on any atom is -0.382 e. The fourth-order valence-corrected chi connectivity index (χ4v) is 5.13. The molecule has 27 heteroatoms. The molecule has 3 aromatic heterocycles. The summed E-state index contributed by atoms with van der Waals surface area (Å²) in [5.74, 6) is -2.79. The number of nitrogens with one attached hydrogen (secondary N) is 3. The summed E-state index contributed by atoms with van der Waals surface area (Å²) in [5, 5.41) is 6.75. The minimum atomic E-state index is -0.666. The highest BCUT2D eigenvalue weighted by Crippen LogP contribution is 2.19. The smallest absolute Gasteiger partial charge is 0.280 e. The molecule has 0 radical (unpaired) electrons. The predicted octanol–water partition coefficient (Wildman–Crippen LogP) is 1.62. The van der Waals surface area contributed by atoms with Gasteiger partial charge < -0.3 is 51.6 Å². The average Bonchev–Trinajstić information content (AvgIpc) is 3.29. The molecule has 0 atom stereocenters. The van der Waals surface area contributed by atoms with E-state index in [1.165, 1.54) is 0 Å². The third kappa shape index (κ3) is 15.6. The first-order valence-electron chi connectivity index (χ1n) is 18.6. The molecule has 0 aliphatic carbocycles. The molecule has 6 rings (SSSR count). The molecular formula is C39H42Cl3N21O3. The zero-order valence-electron chi connectivity index (χ0n) is 34.4. The lowest BCUT2D eigenvalue weighted by Gasteiger charge is -2.07. The molecule has 6 aromatic rings. The molecule has 66 heavy (non-hydrogen) atoms. The minimum absolute atomic E-state index is 0.0542. The number of carbonyl (C=O) groups excluding carboxylic acids is 3. The van der Waals surface area contributed by atoms with Crippen LogP contribution in [-0.4, -0.2) is 65.5 Å². The lowest BCUT2D eigenvalue weighted by atomic mass is 10.2. The number of aliphatic imine (C=N–C) groups is 3. The second kappa shape index (κ2) is 24.3. The van der Waals surface area contributed by atoms with Crippen molar-refractivity contribution in [2.45, 2.75) is 19.6 Å². The van der Waals surface area contributed by atoms with Crippen LogP contribution in [0.3, 0.4) is 0 Å². The van der Waals surface area contributed by atoms with E-state index in [1.54, 1.807) is 0 Å². The third-order valence-corrected chi connectivity index (χ3v) is 8.74. The summed E-state index contributed by atoms with van der Waals surface area (Å²) in [7, 11) is 0. The monoisotopic (exact) mass is 957 g/mol. The summed E-state index contributed by atoms with van der Waals surface area (Å²) in [4.78, 5) is 70.6. The normalized spacial score (nSPS) is 11.2. The van der Waals surface area contributed by atoms with Crippen molar-refractivity contribution < 1.29 is 14.4 Å². The molecule has 342 valence electrons. The molecule has 24 nitrogen and oxygen atoms in total. The summed E-state index contributed by atoms with van der Waals surface area (Å²) < 4.78 is 0. The maximum atomic E-state index is 12.0. The van der Waals surface area contributed by atoms with Crippen molar-refractivity contribution in [2.75, 3.05) is 34.4 Å². The highest BCUT2D eigenvalue weighted by atomic mass is 35.5. The van der Waals surface area contributed by atoms with Gasteiger partial charge in [-0.15, -0.1) is 0 Å². The molecule has 0 saturated carbocycles. The van der Waals surface area contributed by atoms with Crippen LogP contribution in [0.15, 0.2) is 106 Å². The molecule has 0 fully saturated rings. The largest absolute Gasteiger partial charge is 0.382 e. The summed E-state index contributed by atoms with van der Waals surface area (Å²) in [6.07, 6.45) is 0. The number of guanidine groups is 3. The lowest BCUT2D eigenvalue weighted by molar-refractivity contribution is 0.0964. The van der Waals surface area contributed by atoms with Crippen molar-refractivity contribution in [3.05, 3.63) is 140 Å². The standard InChI is InChI=1S/3C13H14ClN7O/c3*14-9-11(16)20-10(15)8(19-9)12(22)21-13(17)18-6-7-4-2-1-3-5-7/h3*1-5H,6H2,(H4,15,16,20)(H3,17,18,21,22). The molecule has 3 amide bonds. The fourth-order valence-electron chi connectivity index (χ4n) is 4.75. The Morgan fingerprint density at radius 2 is 0.621 bits per heavy atom. The number of nitrogens with zero attached hydrogens (tertiary/aromatic N) is 9. The number of rotatable bonds is 9. The Morgan fingerprint density at radius 3 is 0.848 bits per heavy atom. The van der Waals surface area contributed by atoms with E-state index in [0.717, 1.165) is 16.7 Å². The van der Waals surface area contributed by atoms with E-state index in [9.17, 15) is 14.4 Å². The number of benzene rings is 3. The van der Waals surface area contributed by atoms with Gasteiger partial charge in [0.2, 0.25) is 0 Å². The topological polar surface area (TPSA) is 436 Å². The molecular weight excluding hydrogens is 917 g/mol. The van der Waals surface area contributed by atoms with Gasteiger partial charge in [0.05, 0.1) is 19.6 Å². The van der Waals surface area contributed by atoms with Crippen molar-refractivity contribution in [1.82, 2.24) is 45.9 Å². The van der Waals surface area contributed by atoms with Crippen LogP contribution in [0.4, 0.5) is 34.9 Å². The first-order valence-corrected chi connectivity index (χ1v) is 19.8. The van der Waals surface area contributed by atoms with E-state index in [2.05, 4.69) is 60.8 Å². The van der Waals surface area contributed by atoms with Gasteiger partial charge in [0.25, 0.3) is 17.7 Å². The lowest BCUT2D eigenvalue weighted by Crippen LogP contribution is -2.37. The van der Waals surface area contributed by atoms with E-state index < -0.39 is 17.7 Å². The van der Waals surface area contributed by atoms with Gasteiger partial charge in [-0.25, -0.2) is 44.9 Å². The molecule has 0 aliphatic heterocycles. The number of amides is 3. The van der Waals surface area contributed by atoms with Gasteiger partial charge in [-0.1, -0.05) is 126 Å². The maximum Gasteiger partial charge on any atom is 0.280 e. The maximum absolute atomic E-state index is 12.0. The molecule has 3 aromatic carbocycles. The number of nitrogens with two attached hydrogens (primary N) is 9. The number of carbonyl (C=O) groups is 3. The molecule has 3 heterocycles. The van der Waals surface area contributed by atoms with Crippen LogP contribution in [0.2, 0.25) is 15.5 Å². The predicted molar refractivity (Wildman–Crippen MR) is 255 cm³/mol. The second-order valence-electron chi connectivity index (χ2n) is 12.8. The zero-order valence-corrected chi connectivity index (χ0v) is 36.6. The molecule has 0 saturated heterocycles. The molecule has 0 spiro atoms. The van der Waals surface area contributed by atoms with Crippen molar-refractivity contribution in [2.24, 2.45) is 32.2 Å². The highest BCUT2D eigenvalue weighted by molar-refractivity contribution is 6.32. The SMILES string of the molecule is NC(=NCc1ccccc1)NC(=O)c1nc(Cl)c(N)nc1N.NC(=NCc1ccccc1)NC(=O)c1nc(Cl)c(N)nc1N.NC(=NCc1ccccc1)NC(=O)c1nc(Cl)c(N)nc1N. The van der Waals surface area contributed by atoms with Crippen LogP contribution >= 0.6 is 34.8 Å². The van der Waals surface area contributed by atoms with Gasteiger partial charge >= 0.3 is 0 Å². The average molecular weight is 959 g/mol. The quantitative estimate of drug-likeness (QED) is 0.0723. The first kappa shape index (κ1) is 50.0. The van der Waals surface area contributed by atoms with E-state index in [4.69, 9.17) is 86.4 Å². The van der Waals surface area contributed by atoms with Crippen molar-refractivity contribution in [3.8, 4) is 0 Å². The number of aromatic nitrogens is 6. The summed E-state index contributed by atoms with van der Waals surface area (Å²) in [6.45, 7) is 0.990. The summed E-state index contributed by atoms with van der Waals surface area (Å²) in [5.41, 5.74) is 52.3. The molecule has 0 bridgehead atoms. The summed E-state index contributed by atoms with van der Waals surface area (Å²) >= 11 is 17.1. The van der Waals surface area contributed by atoms with Crippen LogP contribution in [0.5, 0.6) is 0 Å². The molecule has 0 unspecified atom stereocenters. The van der Waals surface area contributed by atoms with Crippen LogP contribution in [0, 0.1) is 0 Å². The number of nitrogen functional groups attached to an aromatic ring is 6. The highest BCUT2D eigenvalue weighted by Gasteiger charge is 2.19. The number of hydrogen-bond acceptors (Lipinski definition) is 18. The molecule has 0 aliphatic rings. The Morgan fingerprint density at radius 1 is 0.394 bits per heavy atom. The van der Waals surface area contributed by atoms with Crippen LogP contribution in [0.25, 0.3) is 0 Å². The Hall–Kier alpha value is -8.61. The van der Waals surface area contributed by atoms with Crippen molar-refractivity contribution >= 4 is 105 Å². The first-order chi connectivity index (χ1) is 31.4. The van der Waals surface area contributed by atoms with Crippen LogP contribution < -0.4 is 67.6 Å². The van der Waals surface area contributed by atoms with Gasteiger partial charge in [0.1, 0.15) is 0 Å². The van der Waals surface area contributed by atoms with E-state index in [-0.39, 0.29) is 85.3 Å². The Labute approximate surface area is 390 Å². The number of hydrogen-bond donors (Lipinski definition) is 12. The van der Waals surface area contributed by atoms with E-state index in [0.29, 0.717) is 19.6 Å².